The first-order valence-electron chi connectivity index (χ1n) is 5.86. The van der Waals surface area contributed by atoms with Crippen molar-refractivity contribution in [3.8, 4) is 0 Å². The van der Waals surface area contributed by atoms with E-state index in [0.717, 1.165) is 8.58 Å². The zero-order valence-electron chi connectivity index (χ0n) is 9.98. The van der Waals surface area contributed by atoms with Gasteiger partial charge >= 0.3 is 0 Å². The zero-order valence-corrected chi connectivity index (χ0v) is 11.0. The molecule has 0 amide bonds. The van der Waals surface area contributed by atoms with Gasteiger partial charge in [0.15, 0.2) is 0 Å². The van der Waals surface area contributed by atoms with Crippen LogP contribution in [-0.2, 0) is 6.16 Å². The van der Waals surface area contributed by atoms with Gasteiger partial charge in [-0.25, -0.2) is 0 Å². The Morgan fingerprint density at radius 1 is 1.19 bits per heavy atom. The standard InChI is InChI=1S/C15H19P/c1-13-8-6-7-11-15(13,2)16-12-14-9-4-3-5-10-14/h3-11,13,16H,12H2,1-2H3. The minimum absolute atomic E-state index is 0.352. The van der Waals surface area contributed by atoms with E-state index in [4.69, 9.17) is 0 Å². The first-order valence-corrected chi connectivity index (χ1v) is 7.06. The minimum atomic E-state index is 0.352. The molecule has 0 nitrogen and oxygen atoms in total. The van der Waals surface area contributed by atoms with Crippen LogP contribution in [0.4, 0.5) is 0 Å². The van der Waals surface area contributed by atoms with Crippen LogP contribution in [0.5, 0.6) is 0 Å². The van der Waals surface area contributed by atoms with Gasteiger partial charge < -0.3 is 0 Å². The van der Waals surface area contributed by atoms with Crippen LogP contribution in [0.25, 0.3) is 0 Å². The summed E-state index contributed by atoms with van der Waals surface area (Å²) in [5.74, 6) is 0.652. The Morgan fingerprint density at radius 3 is 2.62 bits per heavy atom. The first kappa shape index (κ1) is 11.6. The summed E-state index contributed by atoms with van der Waals surface area (Å²) in [6.07, 6.45) is 10.2. The summed E-state index contributed by atoms with van der Waals surface area (Å²) in [7, 11) is 0.954. The van der Waals surface area contributed by atoms with Crippen LogP contribution < -0.4 is 0 Å². The summed E-state index contributed by atoms with van der Waals surface area (Å²) >= 11 is 0. The summed E-state index contributed by atoms with van der Waals surface area (Å²) in [6.45, 7) is 4.69. The number of hydrogen-bond donors (Lipinski definition) is 0. The van der Waals surface area contributed by atoms with Gasteiger partial charge in [0.1, 0.15) is 0 Å². The second-order valence-corrected chi connectivity index (χ2v) is 6.44. The van der Waals surface area contributed by atoms with E-state index in [1.54, 1.807) is 0 Å². The van der Waals surface area contributed by atoms with Crippen molar-refractivity contribution in [1.82, 2.24) is 0 Å². The van der Waals surface area contributed by atoms with Crippen LogP contribution in [0.3, 0.4) is 0 Å². The first-order chi connectivity index (χ1) is 7.71. The Morgan fingerprint density at radius 2 is 1.94 bits per heavy atom. The van der Waals surface area contributed by atoms with Gasteiger partial charge in [-0.2, -0.15) is 0 Å². The molecule has 0 bridgehead atoms. The Bertz CT molecular complexity index is 391. The van der Waals surface area contributed by atoms with Crippen LogP contribution in [0.2, 0.25) is 0 Å². The lowest BCUT2D eigenvalue weighted by Gasteiger charge is -2.33. The predicted octanol–water partition coefficient (Wildman–Crippen LogP) is 4.39. The molecular weight excluding hydrogens is 211 g/mol. The maximum Gasteiger partial charge on any atom is 0.00934 e. The maximum absolute atomic E-state index is 2.37. The van der Waals surface area contributed by atoms with Crippen molar-refractivity contribution in [2.45, 2.75) is 25.2 Å². The molecule has 1 aliphatic rings. The monoisotopic (exact) mass is 230 g/mol. The van der Waals surface area contributed by atoms with Gasteiger partial charge in [-0.05, 0) is 17.6 Å². The second kappa shape index (κ2) is 4.97. The van der Waals surface area contributed by atoms with Crippen molar-refractivity contribution in [2.24, 2.45) is 5.92 Å². The summed E-state index contributed by atoms with van der Waals surface area (Å²) in [5.41, 5.74) is 1.46. The lowest BCUT2D eigenvalue weighted by Crippen LogP contribution is -2.25. The molecule has 0 spiro atoms. The van der Waals surface area contributed by atoms with Crippen LogP contribution in [0.15, 0.2) is 54.6 Å². The van der Waals surface area contributed by atoms with E-state index >= 15 is 0 Å². The van der Waals surface area contributed by atoms with E-state index < -0.39 is 0 Å². The fourth-order valence-corrected chi connectivity index (χ4v) is 3.40. The highest BCUT2D eigenvalue weighted by Gasteiger charge is 2.27. The third kappa shape index (κ3) is 2.62. The van der Waals surface area contributed by atoms with E-state index in [0.29, 0.717) is 11.1 Å². The summed E-state index contributed by atoms with van der Waals surface area (Å²) in [5, 5.41) is 0.352. The van der Waals surface area contributed by atoms with Crippen molar-refractivity contribution >= 4 is 8.58 Å². The lowest BCUT2D eigenvalue weighted by atomic mass is 9.91. The molecule has 1 aromatic carbocycles. The highest BCUT2D eigenvalue weighted by molar-refractivity contribution is 7.39. The molecule has 0 saturated carbocycles. The SMILES string of the molecule is CC1C=CC=CC1(C)PCc1ccccc1. The molecule has 0 aromatic heterocycles. The second-order valence-electron chi connectivity index (χ2n) is 4.65. The Labute approximate surface area is 100 Å². The summed E-state index contributed by atoms with van der Waals surface area (Å²) in [4.78, 5) is 0. The predicted molar refractivity (Wildman–Crippen MR) is 74.3 cm³/mol. The van der Waals surface area contributed by atoms with Gasteiger partial charge in [-0.3, -0.25) is 0 Å². The average molecular weight is 230 g/mol. The highest BCUT2D eigenvalue weighted by Crippen LogP contribution is 2.43. The van der Waals surface area contributed by atoms with Gasteiger partial charge in [0.05, 0.1) is 0 Å². The molecule has 0 heterocycles. The Kier molecular flexibility index (Phi) is 3.61. The van der Waals surface area contributed by atoms with Crippen molar-refractivity contribution in [3.05, 3.63) is 60.2 Å². The van der Waals surface area contributed by atoms with Crippen molar-refractivity contribution in [3.63, 3.8) is 0 Å². The van der Waals surface area contributed by atoms with E-state index in [2.05, 4.69) is 68.5 Å². The smallest absolute Gasteiger partial charge is 0.00934 e. The van der Waals surface area contributed by atoms with Gasteiger partial charge in [0, 0.05) is 5.16 Å². The molecule has 16 heavy (non-hydrogen) atoms. The molecule has 3 atom stereocenters. The largest absolute Gasteiger partial charge is 0.107 e. The van der Waals surface area contributed by atoms with E-state index in [9.17, 15) is 0 Å². The lowest BCUT2D eigenvalue weighted by molar-refractivity contribution is 0.594. The van der Waals surface area contributed by atoms with Crippen molar-refractivity contribution in [1.29, 1.82) is 0 Å². The summed E-state index contributed by atoms with van der Waals surface area (Å²) < 4.78 is 0. The third-order valence-electron chi connectivity index (χ3n) is 3.42. The molecule has 0 N–H and O–H groups in total. The molecule has 3 unspecified atom stereocenters. The van der Waals surface area contributed by atoms with Crippen LogP contribution in [0.1, 0.15) is 19.4 Å². The molecule has 1 heteroatoms. The number of benzene rings is 1. The van der Waals surface area contributed by atoms with Crippen LogP contribution in [-0.4, -0.2) is 5.16 Å². The van der Waals surface area contributed by atoms with Gasteiger partial charge in [-0.15, -0.1) is 8.58 Å². The van der Waals surface area contributed by atoms with E-state index in [1.807, 2.05) is 0 Å². The number of hydrogen-bond acceptors (Lipinski definition) is 0. The normalized spacial score (nSPS) is 29.0. The van der Waals surface area contributed by atoms with E-state index in [-0.39, 0.29) is 0 Å². The molecule has 1 aliphatic carbocycles. The zero-order chi connectivity index (χ0) is 11.4. The van der Waals surface area contributed by atoms with Crippen molar-refractivity contribution < 1.29 is 0 Å². The molecule has 2 rings (SSSR count). The van der Waals surface area contributed by atoms with Crippen LogP contribution >= 0.6 is 8.58 Å². The van der Waals surface area contributed by atoms with Crippen LogP contribution in [0, 0.1) is 5.92 Å². The molecule has 0 radical (unpaired) electrons. The average Bonchev–Trinajstić information content (AvgIpc) is 2.32. The summed E-state index contributed by atoms with van der Waals surface area (Å²) in [6, 6.07) is 10.8. The fourth-order valence-electron chi connectivity index (χ4n) is 1.95. The van der Waals surface area contributed by atoms with E-state index in [1.165, 1.54) is 11.7 Å². The van der Waals surface area contributed by atoms with Gasteiger partial charge in [0.2, 0.25) is 0 Å². The minimum Gasteiger partial charge on any atom is -0.107 e. The Hall–Kier alpha value is -0.870. The molecule has 1 aromatic rings. The van der Waals surface area contributed by atoms with Gasteiger partial charge in [0.25, 0.3) is 0 Å². The third-order valence-corrected chi connectivity index (χ3v) is 5.38. The number of allylic oxidation sites excluding steroid dienone is 4. The Balaban J connectivity index is 2.00. The quantitative estimate of drug-likeness (QED) is 0.676. The molecular formula is C15H19P. The molecule has 0 aliphatic heterocycles. The molecule has 84 valence electrons. The topological polar surface area (TPSA) is 0 Å². The van der Waals surface area contributed by atoms with Crippen molar-refractivity contribution in [2.75, 3.05) is 0 Å². The van der Waals surface area contributed by atoms with Gasteiger partial charge in [-0.1, -0.05) is 68.5 Å². The molecule has 0 saturated heterocycles. The molecule has 0 fully saturated rings. The fraction of sp³-hybridized carbons (Fsp3) is 0.333. The number of rotatable bonds is 3. The highest BCUT2D eigenvalue weighted by atomic mass is 31.1. The maximum atomic E-state index is 2.37.